The highest BCUT2D eigenvalue weighted by atomic mass is 32.2. The predicted octanol–water partition coefficient (Wildman–Crippen LogP) is 3.12. The molecule has 1 aromatic carbocycles. The van der Waals surface area contributed by atoms with Crippen LogP contribution in [0.3, 0.4) is 0 Å². The minimum absolute atomic E-state index is 0.0520. The van der Waals surface area contributed by atoms with E-state index >= 15 is 0 Å². The zero-order chi connectivity index (χ0) is 16.1. The van der Waals surface area contributed by atoms with Crippen molar-refractivity contribution >= 4 is 15.8 Å². The maximum Gasteiger partial charge on any atom is 0.416 e. The largest absolute Gasteiger partial charge is 0.481 e. The van der Waals surface area contributed by atoms with Gasteiger partial charge in [-0.3, -0.25) is 4.79 Å². The van der Waals surface area contributed by atoms with Gasteiger partial charge in [-0.25, -0.2) is 8.42 Å². The number of carboxylic acids is 1. The van der Waals surface area contributed by atoms with Gasteiger partial charge in [-0.2, -0.15) is 13.2 Å². The van der Waals surface area contributed by atoms with E-state index < -0.39 is 27.5 Å². The summed E-state index contributed by atoms with van der Waals surface area (Å²) in [5.74, 6) is -1.26. The minimum Gasteiger partial charge on any atom is -0.481 e. The Hall–Kier alpha value is -1.57. The average molecular weight is 324 g/mol. The number of hydrogen-bond donors (Lipinski definition) is 1. The molecule has 0 atom stereocenters. The van der Waals surface area contributed by atoms with Crippen molar-refractivity contribution in [2.24, 2.45) is 0 Å². The van der Waals surface area contributed by atoms with Gasteiger partial charge in [0.2, 0.25) is 0 Å². The summed E-state index contributed by atoms with van der Waals surface area (Å²) in [5, 5.41) is 8.43. The fraction of sp³-hybridized carbons (Fsp3) is 0.462. The molecule has 0 aliphatic rings. The Morgan fingerprint density at radius 3 is 2.38 bits per heavy atom. The molecule has 0 amide bonds. The van der Waals surface area contributed by atoms with Crippen LogP contribution in [0.2, 0.25) is 0 Å². The molecule has 1 aromatic rings. The van der Waals surface area contributed by atoms with Gasteiger partial charge >= 0.3 is 12.1 Å². The fourth-order valence-electron chi connectivity index (χ4n) is 1.73. The topological polar surface area (TPSA) is 71.4 Å². The molecule has 0 fully saturated rings. The van der Waals surface area contributed by atoms with Gasteiger partial charge in [-0.05, 0) is 31.0 Å². The maximum absolute atomic E-state index is 12.5. The van der Waals surface area contributed by atoms with E-state index in [1.54, 1.807) is 0 Å². The SMILES string of the molecule is O=C(O)CCCCCS(=O)(=O)c1cccc(C(F)(F)F)c1. The van der Waals surface area contributed by atoms with Gasteiger partial charge in [-0.1, -0.05) is 12.5 Å². The lowest BCUT2D eigenvalue weighted by molar-refractivity contribution is -0.138. The fourth-order valence-corrected chi connectivity index (χ4v) is 3.14. The van der Waals surface area contributed by atoms with Crippen molar-refractivity contribution in [3.05, 3.63) is 29.8 Å². The molecule has 0 aromatic heterocycles. The van der Waals surface area contributed by atoms with E-state index in [0.29, 0.717) is 18.9 Å². The standard InChI is InChI=1S/C13H15F3O4S/c14-13(15,16)10-5-4-6-11(9-10)21(19,20)8-3-1-2-7-12(17)18/h4-6,9H,1-3,7-8H2,(H,17,18). The molecule has 1 N–H and O–H groups in total. The molecular formula is C13H15F3O4S. The first-order chi connectivity index (χ1) is 9.63. The number of rotatable bonds is 7. The van der Waals surface area contributed by atoms with Crippen LogP contribution in [0.4, 0.5) is 13.2 Å². The van der Waals surface area contributed by atoms with Crippen molar-refractivity contribution in [3.63, 3.8) is 0 Å². The molecular weight excluding hydrogens is 309 g/mol. The smallest absolute Gasteiger partial charge is 0.416 e. The van der Waals surface area contributed by atoms with E-state index in [0.717, 1.165) is 18.2 Å². The molecule has 0 aliphatic carbocycles. The van der Waals surface area contributed by atoms with Crippen LogP contribution in [0.15, 0.2) is 29.2 Å². The predicted molar refractivity (Wildman–Crippen MR) is 69.6 cm³/mol. The summed E-state index contributed by atoms with van der Waals surface area (Å²) in [4.78, 5) is 9.92. The molecule has 0 spiro atoms. The van der Waals surface area contributed by atoms with Gasteiger partial charge in [0.25, 0.3) is 0 Å². The summed E-state index contributed by atoms with van der Waals surface area (Å²) in [5.41, 5.74) is -1.01. The third kappa shape index (κ3) is 5.74. The number of hydrogen-bond acceptors (Lipinski definition) is 3. The van der Waals surface area contributed by atoms with Gasteiger partial charge in [0, 0.05) is 6.42 Å². The van der Waals surface area contributed by atoms with E-state index in [4.69, 9.17) is 5.11 Å². The molecule has 0 heterocycles. The third-order valence-corrected chi connectivity index (χ3v) is 4.62. The van der Waals surface area contributed by atoms with Gasteiger partial charge < -0.3 is 5.11 Å². The summed E-state index contributed by atoms with van der Waals surface area (Å²) < 4.78 is 61.5. The van der Waals surface area contributed by atoms with Crippen LogP contribution in [0.5, 0.6) is 0 Å². The summed E-state index contributed by atoms with van der Waals surface area (Å²) in [7, 11) is -3.79. The monoisotopic (exact) mass is 324 g/mol. The number of aliphatic carboxylic acids is 1. The van der Waals surface area contributed by atoms with Crippen LogP contribution in [-0.2, 0) is 20.8 Å². The van der Waals surface area contributed by atoms with Gasteiger partial charge in [-0.15, -0.1) is 0 Å². The highest BCUT2D eigenvalue weighted by Gasteiger charge is 2.31. The van der Waals surface area contributed by atoms with Crippen LogP contribution >= 0.6 is 0 Å². The number of unbranched alkanes of at least 4 members (excludes halogenated alkanes) is 2. The second-order valence-electron chi connectivity index (χ2n) is 4.55. The Balaban J connectivity index is 2.68. The molecule has 0 bridgehead atoms. The molecule has 0 aliphatic heterocycles. The Labute approximate surface area is 120 Å². The molecule has 0 radical (unpaired) electrons. The Bertz CT molecular complexity index is 594. The second kappa shape index (κ2) is 6.93. The lowest BCUT2D eigenvalue weighted by Gasteiger charge is -2.09. The van der Waals surface area contributed by atoms with Gasteiger partial charge in [0.1, 0.15) is 0 Å². The van der Waals surface area contributed by atoms with Crippen molar-refractivity contribution < 1.29 is 31.5 Å². The third-order valence-electron chi connectivity index (χ3n) is 2.82. The first-order valence-corrected chi connectivity index (χ1v) is 7.90. The van der Waals surface area contributed by atoms with Crippen LogP contribution in [0.1, 0.15) is 31.2 Å². The zero-order valence-electron chi connectivity index (χ0n) is 11.1. The number of alkyl halides is 3. The molecule has 4 nitrogen and oxygen atoms in total. The quantitative estimate of drug-likeness (QED) is 0.782. The normalized spacial score (nSPS) is 12.3. The van der Waals surface area contributed by atoms with Crippen LogP contribution in [0.25, 0.3) is 0 Å². The number of carbonyl (C=O) groups is 1. The van der Waals surface area contributed by atoms with Crippen molar-refractivity contribution in [2.75, 3.05) is 5.75 Å². The van der Waals surface area contributed by atoms with E-state index in [2.05, 4.69) is 0 Å². The molecule has 8 heteroatoms. The van der Waals surface area contributed by atoms with E-state index in [-0.39, 0.29) is 23.5 Å². The van der Waals surface area contributed by atoms with Crippen molar-refractivity contribution in [2.45, 2.75) is 36.8 Å². The number of carboxylic acid groups (broad SMARTS) is 1. The number of benzene rings is 1. The first-order valence-electron chi connectivity index (χ1n) is 6.25. The maximum atomic E-state index is 12.5. The lowest BCUT2D eigenvalue weighted by Crippen LogP contribution is -2.10. The second-order valence-corrected chi connectivity index (χ2v) is 6.66. The highest BCUT2D eigenvalue weighted by molar-refractivity contribution is 7.91. The van der Waals surface area contributed by atoms with Gasteiger partial charge in [0.15, 0.2) is 9.84 Å². The summed E-state index contributed by atoms with van der Waals surface area (Å²) in [6.45, 7) is 0. The van der Waals surface area contributed by atoms with E-state index in [9.17, 15) is 26.4 Å². The Morgan fingerprint density at radius 2 is 1.81 bits per heavy atom. The molecule has 21 heavy (non-hydrogen) atoms. The zero-order valence-corrected chi connectivity index (χ0v) is 11.9. The van der Waals surface area contributed by atoms with Crippen LogP contribution < -0.4 is 0 Å². The molecule has 0 saturated heterocycles. The van der Waals surface area contributed by atoms with Crippen molar-refractivity contribution in [1.29, 1.82) is 0 Å². The minimum atomic E-state index is -4.59. The molecule has 0 unspecified atom stereocenters. The van der Waals surface area contributed by atoms with E-state index in [1.165, 1.54) is 0 Å². The first kappa shape index (κ1) is 17.5. The lowest BCUT2D eigenvalue weighted by atomic mass is 10.2. The number of sulfone groups is 1. The Morgan fingerprint density at radius 1 is 1.14 bits per heavy atom. The van der Waals surface area contributed by atoms with E-state index in [1.807, 2.05) is 0 Å². The molecule has 1 rings (SSSR count). The van der Waals surface area contributed by atoms with Crippen LogP contribution in [0, 0.1) is 0 Å². The van der Waals surface area contributed by atoms with Gasteiger partial charge in [0.05, 0.1) is 16.2 Å². The summed E-state index contributed by atoms with van der Waals surface area (Å²) in [6.07, 6.45) is -3.69. The highest BCUT2D eigenvalue weighted by Crippen LogP contribution is 2.30. The van der Waals surface area contributed by atoms with Crippen LogP contribution in [-0.4, -0.2) is 25.2 Å². The Kier molecular flexibility index (Phi) is 5.77. The average Bonchev–Trinajstić information content (AvgIpc) is 2.37. The number of halogens is 3. The molecule has 118 valence electrons. The van der Waals surface area contributed by atoms with Crippen molar-refractivity contribution in [3.8, 4) is 0 Å². The summed E-state index contributed by atoms with van der Waals surface area (Å²) >= 11 is 0. The van der Waals surface area contributed by atoms with Crippen molar-refractivity contribution in [1.82, 2.24) is 0 Å². The summed E-state index contributed by atoms with van der Waals surface area (Å²) in [6, 6.07) is 3.61. The molecule has 0 saturated carbocycles.